The molecule has 0 unspecified atom stereocenters. The van der Waals surface area contributed by atoms with Gasteiger partial charge in [0.25, 0.3) is 0 Å². The Morgan fingerprint density at radius 1 is 1.27 bits per heavy atom. The van der Waals surface area contributed by atoms with E-state index in [9.17, 15) is 0 Å². The van der Waals surface area contributed by atoms with E-state index in [1.807, 2.05) is 0 Å². The van der Waals surface area contributed by atoms with Crippen LogP contribution < -0.4 is 5.73 Å². The largest absolute Gasteiger partial charge is 0.324 e. The van der Waals surface area contributed by atoms with Crippen LogP contribution in [0.2, 0.25) is 0 Å². The Kier molecular flexibility index (Phi) is 2.81. The smallest absolute Gasteiger partial charge is 0.0284 e. The molecule has 1 aliphatic rings. The summed E-state index contributed by atoms with van der Waals surface area (Å²) in [5.74, 6) is 0. The molecular weight excluding hydrogens is 184 g/mol. The molecule has 0 bridgehead atoms. The first kappa shape index (κ1) is 10.7. The van der Waals surface area contributed by atoms with Crippen molar-refractivity contribution < 1.29 is 0 Å². The van der Waals surface area contributed by atoms with Crippen LogP contribution in [0.3, 0.4) is 0 Å². The van der Waals surface area contributed by atoms with E-state index >= 15 is 0 Å². The third kappa shape index (κ3) is 3.05. The molecular formula is C13H20N2. The van der Waals surface area contributed by atoms with E-state index in [4.69, 9.17) is 5.73 Å². The lowest BCUT2D eigenvalue weighted by Gasteiger charge is -2.20. The molecule has 1 aromatic rings. The van der Waals surface area contributed by atoms with E-state index in [1.54, 1.807) is 0 Å². The van der Waals surface area contributed by atoms with Crippen LogP contribution >= 0.6 is 0 Å². The third-order valence-electron chi connectivity index (χ3n) is 3.05. The zero-order chi connectivity index (χ0) is 10.9. The van der Waals surface area contributed by atoms with Crippen molar-refractivity contribution in [1.82, 2.24) is 4.90 Å². The lowest BCUT2D eigenvalue weighted by atomic mass is 10.1. The molecule has 1 aromatic carbocycles. The van der Waals surface area contributed by atoms with Crippen LogP contribution in [-0.4, -0.2) is 24.0 Å². The maximum Gasteiger partial charge on any atom is 0.0284 e. The Labute approximate surface area is 92.1 Å². The van der Waals surface area contributed by atoms with Gasteiger partial charge in [0.2, 0.25) is 0 Å². The number of hydrogen-bond donors (Lipinski definition) is 1. The second-order valence-corrected chi connectivity index (χ2v) is 5.02. The van der Waals surface area contributed by atoms with Gasteiger partial charge in [0, 0.05) is 18.6 Å². The summed E-state index contributed by atoms with van der Waals surface area (Å²) in [7, 11) is 2.15. The van der Waals surface area contributed by atoms with Crippen LogP contribution in [0.15, 0.2) is 24.3 Å². The van der Waals surface area contributed by atoms with Gasteiger partial charge in [-0.3, -0.25) is 0 Å². The molecule has 0 heterocycles. The monoisotopic (exact) mass is 204 g/mol. The van der Waals surface area contributed by atoms with Crippen molar-refractivity contribution >= 4 is 0 Å². The normalized spacial score (nSPS) is 18.1. The summed E-state index contributed by atoms with van der Waals surface area (Å²) >= 11 is 0. The van der Waals surface area contributed by atoms with E-state index in [0.717, 1.165) is 13.1 Å². The molecule has 1 aliphatic carbocycles. The van der Waals surface area contributed by atoms with Crippen LogP contribution in [0, 0.1) is 6.92 Å². The summed E-state index contributed by atoms with van der Waals surface area (Å²) in [5, 5.41) is 0. The fraction of sp³-hybridized carbons (Fsp3) is 0.538. The van der Waals surface area contributed by atoms with Crippen molar-refractivity contribution in [3.8, 4) is 0 Å². The van der Waals surface area contributed by atoms with Gasteiger partial charge in [-0.1, -0.05) is 29.8 Å². The minimum atomic E-state index is 0.124. The third-order valence-corrected chi connectivity index (χ3v) is 3.05. The number of likely N-dealkylation sites (N-methyl/N-ethyl adjacent to an activating group) is 1. The number of nitrogens with two attached hydrogens (primary N) is 1. The minimum absolute atomic E-state index is 0.124. The summed E-state index contributed by atoms with van der Waals surface area (Å²) in [5.41, 5.74) is 8.89. The van der Waals surface area contributed by atoms with E-state index in [2.05, 4.69) is 43.1 Å². The number of nitrogens with zero attached hydrogens (tertiary/aromatic N) is 1. The maximum absolute atomic E-state index is 6.08. The zero-order valence-electron chi connectivity index (χ0n) is 9.66. The van der Waals surface area contributed by atoms with E-state index in [0.29, 0.717) is 0 Å². The first-order valence-corrected chi connectivity index (χ1v) is 5.60. The van der Waals surface area contributed by atoms with Gasteiger partial charge in [0.05, 0.1) is 0 Å². The summed E-state index contributed by atoms with van der Waals surface area (Å²) in [6, 6.07) is 8.72. The van der Waals surface area contributed by atoms with Crippen LogP contribution in [0.1, 0.15) is 24.0 Å². The highest BCUT2D eigenvalue weighted by Crippen LogP contribution is 2.32. The summed E-state index contributed by atoms with van der Waals surface area (Å²) < 4.78 is 0. The molecule has 2 heteroatoms. The Balaban J connectivity index is 1.88. The lowest BCUT2D eigenvalue weighted by molar-refractivity contribution is 0.296. The molecule has 0 aliphatic heterocycles. The maximum atomic E-state index is 6.08. The standard InChI is InChI=1S/C13H20N2/c1-11-3-5-12(6-4-11)9-15(2)10-13(14)7-8-13/h3-6H,7-10,14H2,1-2H3. The predicted molar refractivity (Wildman–Crippen MR) is 63.7 cm³/mol. The Bertz CT molecular complexity index is 325. The number of benzene rings is 1. The fourth-order valence-electron chi connectivity index (χ4n) is 1.92. The molecule has 2 rings (SSSR count). The van der Waals surface area contributed by atoms with Crippen LogP contribution in [0.4, 0.5) is 0 Å². The van der Waals surface area contributed by atoms with E-state index in [1.165, 1.54) is 24.0 Å². The number of aryl methyl sites for hydroxylation is 1. The van der Waals surface area contributed by atoms with Gasteiger partial charge >= 0.3 is 0 Å². The Morgan fingerprint density at radius 2 is 1.87 bits per heavy atom. The molecule has 0 spiro atoms. The van der Waals surface area contributed by atoms with Gasteiger partial charge in [-0.2, -0.15) is 0 Å². The van der Waals surface area contributed by atoms with E-state index in [-0.39, 0.29) is 5.54 Å². The van der Waals surface area contributed by atoms with Gasteiger partial charge in [-0.05, 0) is 32.4 Å². The zero-order valence-corrected chi connectivity index (χ0v) is 9.66. The van der Waals surface area contributed by atoms with Crippen molar-refractivity contribution in [2.45, 2.75) is 31.8 Å². The van der Waals surface area contributed by atoms with Gasteiger partial charge < -0.3 is 10.6 Å². The van der Waals surface area contributed by atoms with Crippen molar-refractivity contribution in [3.63, 3.8) is 0 Å². The molecule has 0 aromatic heterocycles. The number of hydrogen-bond acceptors (Lipinski definition) is 2. The SMILES string of the molecule is Cc1ccc(CN(C)CC2(N)CC2)cc1. The second kappa shape index (κ2) is 3.95. The highest BCUT2D eigenvalue weighted by Gasteiger charge is 2.38. The molecule has 2 N–H and O–H groups in total. The molecule has 0 amide bonds. The van der Waals surface area contributed by atoms with Gasteiger partial charge in [-0.15, -0.1) is 0 Å². The second-order valence-electron chi connectivity index (χ2n) is 5.02. The summed E-state index contributed by atoms with van der Waals surface area (Å²) in [4.78, 5) is 2.32. The van der Waals surface area contributed by atoms with Crippen molar-refractivity contribution in [2.75, 3.05) is 13.6 Å². The molecule has 15 heavy (non-hydrogen) atoms. The molecule has 2 nitrogen and oxygen atoms in total. The average molecular weight is 204 g/mol. The van der Waals surface area contributed by atoms with Gasteiger partial charge in [-0.25, -0.2) is 0 Å². The number of rotatable bonds is 4. The molecule has 1 saturated carbocycles. The molecule has 0 radical (unpaired) electrons. The molecule has 0 atom stereocenters. The van der Waals surface area contributed by atoms with Crippen molar-refractivity contribution in [3.05, 3.63) is 35.4 Å². The van der Waals surface area contributed by atoms with E-state index < -0.39 is 0 Å². The first-order chi connectivity index (χ1) is 7.07. The topological polar surface area (TPSA) is 29.3 Å². The van der Waals surface area contributed by atoms with Crippen LogP contribution in [0.25, 0.3) is 0 Å². The lowest BCUT2D eigenvalue weighted by Crippen LogP contribution is -2.36. The van der Waals surface area contributed by atoms with Crippen LogP contribution in [0.5, 0.6) is 0 Å². The van der Waals surface area contributed by atoms with Gasteiger partial charge in [0.15, 0.2) is 0 Å². The molecule has 1 fully saturated rings. The highest BCUT2D eigenvalue weighted by atomic mass is 15.1. The van der Waals surface area contributed by atoms with Crippen LogP contribution in [-0.2, 0) is 6.54 Å². The quantitative estimate of drug-likeness (QED) is 0.812. The van der Waals surface area contributed by atoms with Gasteiger partial charge in [0.1, 0.15) is 0 Å². The highest BCUT2D eigenvalue weighted by molar-refractivity contribution is 5.21. The Morgan fingerprint density at radius 3 is 2.40 bits per heavy atom. The Hall–Kier alpha value is -0.860. The first-order valence-electron chi connectivity index (χ1n) is 5.60. The fourth-order valence-corrected chi connectivity index (χ4v) is 1.92. The average Bonchev–Trinajstić information content (AvgIpc) is 2.87. The van der Waals surface area contributed by atoms with Crippen molar-refractivity contribution in [2.24, 2.45) is 5.73 Å². The molecule has 82 valence electrons. The van der Waals surface area contributed by atoms with Crippen molar-refractivity contribution in [1.29, 1.82) is 0 Å². The predicted octanol–water partition coefficient (Wildman–Crippen LogP) is 1.92. The molecule has 0 saturated heterocycles. The summed E-state index contributed by atoms with van der Waals surface area (Å²) in [6.07, 6.45) is 2.37. The summed E-state index contributed by atoms with van der Waals surface area (Å²) in [6.45, 7) is 4.13. The minimum Gasteiger partial charge on any atom is -0.324 e.